The maximum atomic E-state index is 13.2. The zero-order valence-corrected chi connectivity index (χ0v) is 13.1. The van der Waals surface area contributed by atoms with Crippen molar-refractivity contribution in [1.29, 1.82) is 0 Å². The minimum atomic E-state index is -4.04. The number of tetrazole rings is 1. The highest BCUT2D eigenvalue weighted by Gasteiger charge is 2.17. The van der Waals surface area contributed by atoms with Crippen molar-refractivity contribution < 1.29 is 17.2 Å². The molecule has 3 aromatic rings. The summed E-state index contributed by atoms with van der Waals surface area (Å²) in [6.07, 6.45) is 1.41. The predicted molar refractivity (Wildman–Crippen MR) is 81.1 cm³/mol. The lowest BCUT2D eigenvalue weighted by Gasteiger charge is -2.11. The van der Waals surface area contributed by atoms with E-state index in [0.29, 0.717) is 17.3 Å². The van der Waals surface area contributed by atoms with E-state index in [1.165, 1.54) is 17.1 Å². The average molecular weight is 351 g/mol. The molecule has 10 heteroatoms. The SMILES string of the molecule is Cc1cc(NS(=O)(=O)c2ccc(F)c(F)c2)ccc1-n1cnnn1. The van der Waals surface area contributed by atoms with Gasteiger partial charge in [-0.25, -0.2) is 21.9 Å². The number of halogens is 2. The van der Waals surface area contributed by atoms with Crippen LogP contribution in [0.2, 0.25) is 0 Å². The Morgan fingerprint density at radius 3 is 2.50 bits per heavy atom. The molecule has 0 radical (unpaired) electrons. The van der Waals surface area contributed by atoms with Crippen molar-refractivity contribution in [2.75, 3.05) is 4.72 Å². The van der Waals surface area contributed by atoms with Crippen molar-refractivity contribution in [2.45, 2.75) is 11.8 Å². The number of aryl methyl sites for hydroxylation is 1. The van der Waals surface area contributed by atoms with Gasteiger partial charge in [0.1, 0.15) is 6.33 Å². The summed E-state index contributed by atoms with van der Waals surface area (Å²) in [7, 11) is -4.04. The van der Waals surface area contributed by atoms with E-state index in [-0.39, 0.29) is 10.6 Å². The maximum Gasteiger partial charge on any atom is 0.261 e. The van der Waals surface area contributed by atoms with Crippen molar-refractivity contribution in [3.05, 3.63) is 59.9 Å². The molecule has 1 N–H and O–H groups in total. The Balaban J connectivity index is 1.90. The van der Waals surface area contributed by atoms with E-state index in [2.05, 4.69) is 20.2 Å². The number of hydrogen-bond donors (Lipinski definition) is 1. The third-order valence-corrected chi connectivity index (χ3v) is 4.63. The van der Waals surface area contributed by atoms with Crippen LogP contribution < -0.4 is 4.72 Å². The summed E-state index contributed by atoms with van der Waals surface area (Å²) in [6.45, 7) is 1.76. The van der Waals surface area contributed by atoms with Crippen LogP contribution in [0.1, 0.15) is 5.56 Å². The van der Waals surface area contributed by atoms with Gasteiger partial charge in [-0.05, 0) is 59.3 Å². The van der Waals surface area contributed by atoms with Crippen LogP contribution in [0.3, 0.4) is 0 Å². The fourth-order valence-electron chi connectivity index (χ4n) is 2.11. The Hall–Kier alpha value is -2.88. The Morgan fingerprint density at radius 1 is 1.08 bits per heavy atom. The Morgan fingerprint density at radius 2 is 1.88 bits per heavy atom. The number of hydrogen-bond acceptors (Lipinski definition) is 5. The highest BCUT2D eigenvalue weighted by atomic mass is 32.2. The number of nitrogens with zero attached hydrogens (tertiary/aromatic N) is 4. The molecule has 24 heavy (non-hydrogen) atoms. The van der Waals surface area contributed by atoms with Gasteiger partial charge >= 0.3 is 0 Å². The normalized spacial score (nSPS) is 11.5. The topological polar surface area (TPSA) is 89.8 Å². The summed E-state index contributed by atoms with van der Waals surface area (Å²) in [5.41, 5.74) is 1.66. The molecule has 0 unspecified atom stereocenters. The molecule has 0 saturated carbocycles. The second kappa shape index (κ2) is 5.96. The number of benzene rings is 2. The van der Waals surface area contributed by atoms with Crippen molar-refractivity contribution in [3.63, 3.8) is 0 Å². The van der Waals surface area contributed by atoms with Crippen LogP contribution >= 0.6 is 0 Å². The highest BCUT2D eigenvalue weighted by molar-refractivity contribution is 7.92. The first-order valence-corrected chi connectivity index (χ1v) is 8.17. The van der Waals surface area contributed by atoms with Gasteiger partial charge in [-0.15, -0.1) is 5.10 Å². The van der Waals surface area contributed by atoms with Crippen molar-refractivity contribution >= 4 is 15.7 Å². The number of aromatic nitrogens is 4. The molecule has 0 aliphatic heterocycles. The summed E-state index contributed by atoms with van der Waals surface area (Å²) in [6, 6.07) is 7.10. The number of anilines is 1. The fourth-order valence-corrected chi connectivity index (χ4v) is 3.17. The van der Waals surface area contributed by atoms with Gasteiger partial charge in [0.2, 0.25) is 0 Å². The van der Waals surface area contributed by atoms with E-state index in [4.69, 9.17) is 0 Å². The first-order chi connectivity index (χ1) is 11.4. The summed E-state index contributed by atoms with van der Waals surface area (Å²) < 4.78 is 54.4. The van der Waals surface area contributed by atoms with E-state index in [0.717, 1.165) is 12.1 Å². The quantitative estimate of drug-likeness (QED) is 0.777. The first kappa shape index (κ1) is 16.0. The maximum absolute atomic E-state index is 13.2. The fraction of sp³-hybridized carbons (Fsp3) is 0.0714. The standard InChI is InChI=1S/C14H11F2N5O2S/c1-9-6-10(2-5-14(9)21-8-17-19-20-21)18-24(22,23)11-3-4-12(15)13(16)7-11/h2-8,18H,1H3. The zero-order chi connectivity index (χ0) is 17.3. The largest absolute Gasteiger partial charge is 0.280 e. The van der Waals surface area contributed by atoms with E-state index in [1.807, 2.05) is 0 Å². The summed E-state index contributed by atoms with van der Waals surface area (Å²) in [5.74, 6) is -2.35. The average Bonchev–Trinajstić information content (AvgIpc) is 3.03. The van der Waals surface area contributed by atoms with Crippen molar-refractivity contribution in [3.8, 4) is 5.69 Å². The highest BCUT2D eigenvalue weighted by Crippen LogP contribution is 2.22. The van der Waals surface area contributed by atoms with Crippen LogP contribution in [0.25, 0.3) is 5.69 Å². The van der Waals surface area contributed by atoms with Crippen molar-refractivity contribution in [2.24, 2.45) is 0 Å². The molecule has 1 aromatic heterocycles. The lowest BCUT2D eigenvalue weighted by atomic mass is 10.2. The van der Waals surface area contributed by atoms with Crippen LogP contribution in [0.15, 0.2) is 47.6 Å². The molecular formula is C14H11F2N5O2S. The molecular weight excluding hydrogens is 340 g/mol. The molecule has 2 aromatic carbocycles. The minimum absolute atomic E-state index is 0.272. The van der Waals surface area contributed by atoms with Gasteiger partial charge in [-0.2, -0.15) is 0 Å². The van der Waals surface area contributed by atoms with Gasteiger partial charge < -0.3 is 0 Å². The number of rotatable bonds is 4. The first-order valence-electron chi connectivity index (χ1n) is 6.69. The molecule has 7 nitrogen and oxygen atoms in total. The molecule has 0 amide bonds. The van der Waals surface area contributed by atoms with Gasteiger partial charge in [-0.3, -0.25) is 4.72 Å². The second-order valence-electron chi connectivity index (χ2n) is 4.94. The van der Waals surface area contributed by atoms with Crippen LogP contribution in [0.5, 0.6) is 0 Å². The summed E-state index contributed by atoms with van der Waals surface area (Å²) in [4.78, 5) is -0.372. The molecule has 0 spiro atoms. The van der Waals surface area contributed by atoms with Gasteiger partial charge in [0, 0.05) is 5.69 Å². The molecule has 3 rings (SSSR count). The van der Waals surface area contributed by atoms with Crippen LogP contribution in [0.4, 0.5) is 14.5 Å². The van der Waals surface area contributed by atoms with Crippen LogP contribution in [-0.4, -0.2) is 28.6 Å². The molecule has 0 fully saturated rings. The molecule has 1 heterocycles. The zero-order valence-electron chi connectivity index (χ0n) is 12.3. The van der Waals surface area contributed by atoms with Gasteiger partial charge in [0.25, 0.3) is 10.0 Å². The third kappa shape index (κ3) is 3.08. The van der Waals surface area contributed by atoms with E-state index in [1.54, 1.807) is 19.1 Å². The molecule has 0 aliphatic rings. The molecule has 0 saturated heterocycles. The van der Waals surface area contributed by atoms with E-state index >= 15 is 0 Å². The lowest BCUT2D eigenvalue weighted by Crippen LogP contribution is -2.13. The Labute approximate surface area is 136 Å². The molecule has 124 valence electrons. The summed E-state index contributed by atoms with van der Waals surface area (Å²) >= 11 is 0. The molecule has 0 aliphatic carbocycles. The summed E-state index contributed by atoms with van der Waals surface area (Å²) in [5, 5.41) is 10.8. The van der Waals surface area contributed by atoms with E-state index < -0.39 is 21.7 Å². The minimum Gasteiger partial charge on any atom is -0.280 e. The number of sulfonamides is 1. The van der Waals surface area contributed by atoms with Crippen molar-refractivity contribution in [1.82, 2.24) is 20.2 Å². The van der Waals surface area contributed by atoms with Gasteiger partial charge in [-0.1, -0.05) is 0 Å². The Kier molecular flexibility index (Phi) is 3.97. The molecule has 0 atom stereocenters. The predicted octanol–water partition coefficient (Wildman–Crippen LogP) is 2.05. The smallest absolute Gasteiger partial charge is 0.261 e. The van der Waals surface area contributed by atoms with Gasteiger partial charge in [0.15, 0.2) is 11.6 Å². The monoisotopic (exact) mass is 351 g/mol. The third-order valence-electron chi connectivity index (χ3n) is 3.25. The van der Waals surface area contributed by atoms with Crippen LogP contribution in [-0.2, 0) is 10.0 Å². The Bertz CT molecular complexity index is 990. The second-order valence-corrected chi connectivity index (χ2v) is 6.62. The van der Waals surface area contributed by atoms with Crippen LogP contribution in [0, 0.1) is 18.6 Å². The lowest BCUT2D eigenvalue weighted by molar-refractivity contribution is 0.504. The van der Waals surface area contributed by atoms with E-state index in [9.17, 15) is 17.2 Å². The van der Waals surface area contributed by atoms with Gasteiger partial charge in [0.05, 0.1) is 10.6 Å². The number of nitrogens with one attached hydrogen (secondary N) is 1. The molecule has 0 bridgehead atoms.